The maximum Gasteiger partial charge on any atom is 0.0472 e. The number of hydrogen-bond acceptors (Lipinski definition) is 3. The van der Waals surface area contributed by atoms with Crippen molar-refractivity contribution >= 4 is 0 Å². The fraction of sp³-hybridized carbons (Fsp3) is 1.00. The lowest BCUT2D eigenvalue weighted by Crippen LogP contribution is -2.47. The Hall–Kier alpha value is -0.120. The largest absolute Gasteiger partial charge is 0.381 e. The third kappa shape index (κ3) is 4.94. The van der Waals surface area contributed by atoms with Gasteiger partial charge in [-0.1, -0.05) is 20.8 Å². The Morgan fingerprint density at radius 3 is 2.29 bits per heavy atom. The maximum absolute atomic E-state index is 5.53. The highest BCUT2D eigenvalue weighted by Crippen LogP contribution is 2.30. The van der Waals surface area contributed by atoms with E-state index < -0.39 is 0 Å². The number of nitrogens with one attached hydrogen (secondary N) is 1. The van der Waals surface area contributed by atoms with Gasteiger partial charge in [0.05, 0.1) is 0 Å². The normalized spacial score (nSPS) is 19.8. The van der Waals surface area contributed by atoms with Crippen molar-refractivity contribution in [3.63, 3.8) is 0 Å². The molecule has 17 heavy (non-hydrogen) atoms. The molecule has 0 radical (unpaired) electrons. The summed E-state index contributed by atoms with van der Waals surface area (Å²) in [6, 6.07) is 0. The van der Waals surface area contributed by atoms with Crippen LogP contribution in [0.5, 0.6) is 0 Å². The van der Waals surface area contributed by atoms with Gasteiger partial charge in [0.15, 0.2) is 0 Å². The van der Waals surface area contributed by atoms with Gasteiger partial charge in [0.25, 0.3) is 0 Å². The maximum atomic E-state index is 5.53. The molecule has 0 aliphatic carbocycles. The summed E-state index contributed by atoms with van der Waals surface area (Å²) in [4.78, 5) is 2.55. The fourth-order valence-corrected chi connectivity index (χ4v) is 2.65. The third-order valence-corrected chi connectivity index (χ3v) is 3.93. The molecule has 1 N–H and O–H groups in total. The zero-order valence-electron chi connectivity index (χ0n) is 11.9. The van der Waals surface area contributed by atoms with E-state index in [4.69, 9.17) is 4.74 Å². The van der Waals surface area contributed by atoms with Crippen molar-refractivity contribution in [2.45, 2.75) is 40.0 Å². The lowest BCUT2D eigenvalue weighted by molar-refractivity contribution is -0.00281. The van der Waals surface area contributed by atoms with Gasteiger partial charge in [0, 0.05) is 26.3 Å². The molecular weight excluding hydrogens is 212 g/mol. The van der Waals surface area contributed by atoms with Crippen LogP contribution in [0.15, 0.2) is 0 Å². The van der Waals surface area contributed by atoms with Crippen molar-refractivity contribution in [2.75, 3.05) is 45.9 Å². The average Bonchev–Trinajstić information content (AvgIpc) is 2.37. The minimum Gasteiger partial charge on any atom is -0.381 e. The van der Waals surface area contributed by atoms with Crippen LogP contribution in [0, 0.1) is 5.41 Å². The van der Waals surface area contributed by atoms with Crippen LogP contribution in [0.25, 0.3) is 0 Å². The van der Waals surface area contributed by atoms with E-state index in [1.165, 1.54) is 25.8 Å². The first-order valence-electron chi connectivity index (χ1n) is 7.27. The highest BCUT2D eigenvalue weighted by Gasteiger charge is 2.33. The van der Waals surface area contributed by atoms with Crippen LogP contribution in [0.3, 0.4) is 0 Å². The molecule has 1 fully saturated rings. The topological polar surface area (TPSA) is 24.5 Å². The molecule has 1 aliphatic rings. The van der Waals surface area contributed by atoms with Crippen LogP contribution in [-0.2, 0) is 4.74 Å². The average molecular weight is 242 g/mol. The summed E-state index contributed by atoms with van der Waals surface area (Å²) in [7, 11) is 0. The van der Waals surface area contributed by atoms with Crippen molar-refractivity contribution in [1.29, 1.82) is 0 Å². The molecule has 0 saturated carbocycles. The highest BCUT2D eigenvalue weighted by molar-refractivity contribution is 4.87. The number of ether oxygens (including phenoxy) is 1. The summed E-state index contributed by atoms with van der Waals surface area (Å²) in [5, 5.41) is 3.62. The van der Waals surface area contributed by atoms with Gasteiger partial charge in [0.1, 0.15) is 0 Å². The lowest BCUT2D eigenvalue weighted by Gasteiger charge is -2.41. The molecule has 0 spiro atoms. The molecule has 0 atom stereocenters. The summed E-state index contributed by atoms with van der Waals surface area (Å²) < 4.78 is 5.53. The SMILES string of the molecule is CCCNCC1(CN(CC)CC)CCOCC1. The second-order valence-corrected chi connectivity index (χ2v) is 5.25. The van der Waals surface area contributed by atoms with Gasteiger partial charge in [-0.2, -0.15) is 0 Å². The molecule has 0 unspecified atom stereocenters. The molecule has 3 nitrogen and oxygen atoms in total. The van der Waals surface area contributed by atoms with E-state index in [9.17, 15) is 0 Å². The first kappa shape index (κ1) is 14.9. The van der Waals surface area contributed by atoms with Crippen LogP contribution in [0.4, 0.5) is 0 Å². The Labute approximate surface area is 107 Å². The Bertz CT molecular complexity index is 187. The van der Waals surface area contributed by atoms with Crippen LogP contribution in [-0.4, -0.2) is 50.8 Å². The van der Waals surface area contributed by atoms with E-state index in [0.717, 1.165) is 39.4 Å². The van der Waals surface area contributed by atoms with Gasteiger partial charge in [-0.3, -0.25) is 0 Å². The molecule has 1 heterocycles. The van der Waals surface area contributed by atoms with Gasteiger partial charge < -0.3 is 15.0 Å². The van der Waals surface area contributed by atoms with Crippen molar-refractivity contribution in [1.82, 2.24) is 10.2 Å². The zero-order chi connectivity index (χ0) is 12.6. The molecule has 0 aromatic carbocycles. The fourth-order valence-electron chi connectivity index (χ4n) is 2.65. The molecule has 1 aliphatic heterocycles. The number of rotatable bonds is 8. The quantitative estimate of drug-likeness (QED) is 0.660. The van der Waals surface area contributed by atoms with Crippen LogP contribution >= 0.6 is 0 Å². The lowest BCUT2D eigenvalue weighted by atomic mass is 9.79. The summed E-state index contributed by atoms with van der Waals surface area (Å²) >= 11 is 0. The van der Waals surface area contributed by atoms with E-state index in [1.54, 1.807) is 0 Å². The summed E-state index contributed by atoms with van der Waals surface area (Å²) in [6.45, 7) is 14.5. The molecule has 1 rings (SSSR count). The predicted octanol–water partition coefficient (Wildman–Crippen LogP) is 2.12. The first-order chi connectivity index (χ1) is 8.26. The molecule has 0 aromatic heterocycles. The Kier molecular flexibility index (Phi) is 7.09. The Morgan fingerprint density at radius 1 is 1.12 bits per heavy atom. The van der Waals surface area contributed by atoms with Gasteiger partial charge >= 0.3 is 0 Å². The van der Waals surface area contributed by atoms with Crippen LogP contribution in [0.2, 0.25) is 0 Å². The van der Waals surface area contributed by atoms with Crippen LogP contribution in [0.1, 0.15) is 40.0 Å². The minimum absolute atomic E-state index is 0.444. The van der Waals surface area contributed by atoms with Crippen molar-refractivity contribution < 1.29 is 4.74 Å². The second-order valence-electron chi connectivity index (χ2n) is 5.25. The third-order valence-electron chi connectivity index (χ3n) is 3.93. The standard InChI is InChI=1S/C14H30N2O/c1-4-9-15-12-14(7-10-17-11-8-14)13-16(5-2)6-3/h15H,4-13H2,1-3H3. The Balaban J connectivity index is 2.50. The van der Waals surface area contributed by atoms with Gasteiger partial charge in [-0.25, -0.2) is 0 Å². The number of nitrogens with zero attached hydrogens (tertiary/aromatic N) is 1. The van der Waals surface area contributed by atoms with Crippen molar-refractivity contribution in [3.05, 3.63) is 0 Å². The predicted molar refractivity (Wildman–Crippen MR) is 73.4 cm³/mol. The molecule has 3 heteroatoms. The highest BCUT2D eigenvalue weighted by atomic mass is 16.5. The first-order valence-corrected chi connectivity index (χ1v) is 7.27. The molecular formula is C14H30N2O. The number of hydrogen-bond donors (Lipinski definition) is 1. The molecule has 102 valence electrons. The minimum atomic E-state index is 0.444. The van der Waals surface area contributed by atoms with E-state index >= 15 is 0 Å². The van der Waals surface area contributed by atoms with E-state index in [1.807, 2.05) is 0 Å². The summed E-state index contributed by atoms with van der Waals surface area (Å²) in [5.41, 5.74) is 0.444. The van der Waals surface area contributed by atoms with Gasteiger partial charge in [-0.15, -0.1) is 0 Å². The van der Waals surface area contributed by atoms with E-state index in [0.29, 0.717) is 5.41 Å². The molecule has 0 amide bonds. The second kappa shape index (κ2) is 8.06. The smallest absolute Gasteiger partial charge is 0.0472 e. The van der Waals surface area contributed by atoms with E-state index in [2.05, 4.69) is 31.0 Å². The van der Waals surface area contributed by atoms with Crippen molar-refractivity contribution in [2.24, 2.45) is 5.41 Å². The zero-order valence-corrected chi connectivity index (χ0v) is 11.9. The van der Waals surface area contributed by atoms with Crippen molar-refractivity contribution in [3.8, 4) is 0 Å². The van der Waals surface area contributed by atoms with Gasteiger partial charge in [0.2, 0.25) is 0 Å². The monoisotopic (exact) mass is 242 g/mol. The van der Waals surface area contributed by atoms with Gasteiger partial charge in [-0.05, 0) is 44.3 Å². The van der Waals surface area contributed by atoms with Crippen LogP contribution < -0.4 is 5.32 Å². The Morgan fingerprint density at radius 2 is 1.76 bits per heavy atom. The molecule has 1 saturated heterocycles. The summed E-state index contributed by atoms with van der Waals surface area (Å²) in [5.74, 6) is 0. The summed E-state index contributed by atoms with van der Waals surface area (Å²) in [6.07, 6.45) is 3.64. The molecule has 0 aromatic rings. The molecule has 0 bridgehead atoms. The van der Waals surface area contributed by atoms with E-state index in [-0.39, 0.29) is 0 Å².